The number of fused-ring (bicyclic) bond motifs is 5. The SMILES string of the molecule is Cc1cccc(NC(=O)C2CC[C@H]3[C@@H]4CCC5N(C)C(=O)CC[C@]5(C)[C@@H]4CC[C@]23C)c1. The van der Waals surface area contributed by atoms with Gasteiger partial charge in [-0.25, -0.2) is 0 Å². The molecule has 2 amide bonds. The standard InChI is InChI=1S/C27H38N2O2/c1-17-6-5-7-18(16-17)28-25(31)22-10-9-20-19-8-11-23-27(3,15-13-24(30)29(23)4)21(19)12-14-26(20,22)2/h5-7,16,19-23H,8-15H2,1-4H3,(H,28,31)/t19-,20-,21+,22?,23?,26-,27+/m0/s1. The van der Waals surface area contributed by atoms with Crippen LogP contribution in [-0.2, 0) is 9.59 Å². The van der Waals surface area contributed by atoms with Crippen molar-refractivity contribution in [2.75, 3.05) is 12.4 Å². The summed E-state index contributed by atoms with van der Waals surface area (Å²) < 4.78 is 0. The molecule has 1 N–H and O–H groups in total. The number of rotatable bonds is 2. The molecule has 4 heteroatoms. The molecule has 1 aromatic carbocycles. The average molecular weight is 423 g/mol. The molecule has 0 bridgehead atoms. The largest absolute Gasteiger partial charge is 0.342 e. The van der Waals surface area contributed by atoms with Gasteiger partial charge >= 0.3 is 0 Å². The van der Waals surface area contributed by atoms with Crippen LogP contribution in [0.15, 0.2) is 24.3 Å². The molecule has 1 saturated heterocycles. The summed E-state index contributed by atoms with van der Waals surface area (Å²) in [5.41, 5.74) is 2.45. The summed E-state index contributed by atoms with van der Waals surface area (Å²) in [5, 5.41) is 3.24. The zero-order valence-electron chi connectivity index (χ0n) is 19.6. The second kappa shape index (κ2) is 7.35. The summed E-state index contributed by atoms with van der Waals surface area (Å²) >= 11 is 0. The highest BCUT2D eigenvalue weighted by Crippen LogP contribution is 2.66. The fourth-order valence-electron chi connectivity index (χ4n) is 8.53. The zero-order valence-corrected chi connectivity index (χ0v) is 19.6. The minimum atomic E-state index is 0.106. The Morgan fingerprint density at radius 3 is 2.58 bits per heavy atom. The van der Waals surface area contributed by atoms with E-state index in [1.54, 1.807) is 0 Å². The first-order valence-electron chi connectivity index (χ1n) is 12.4. The van der Waals surface area contributed by atoms with E-state index >= 15 is 0 Å². The maximum atomic E-state index is 13.4. The molecule has 4 aliphatic rings. The van der Waals surface area contributed by atoms with Crippen molar-refractivity contribution < 1.29 is 9.59 Å². The molecule has 168 valence electrons. The number of nitrogens with zero attached hydrogens (tertiary/aromatic N) is 1. The molecule has 4 nitrogen and oxygen atoms in total. The fraction of sp³-hybridized carbons (Fsp3) is 0.704. The van der Waals surface area contributed by atoms with E-state index in [9.17, 15) is 9.59 Å². The summed E-state index contributed by atoms with van der Waals surface area (Å²) in [7, 11) is 2.03. The maximum Gasteiger partial charge on any atom is 0.228 e. The molecule has 3 saturated carbocycles. The van der Waals surface area contributed by atoms with Crippen LogP contribution in [0, 0.1) is 41.4 Å². The summed E-state index contributed by atoms with van der Waals surface area (Å²) in [6, 6.07) is 8.55. The second-order valence-electron chi connectivity index (χ2n) is 11.5. The van der Waals surface area contributed by atoms with E-state index in [-0.39, 0.29) is 22.7 Å². The van der Waals surface area contributed by atoms with Crippen LogP contribution in [0.5, 0.6) is 0 Å². The molecule has 0 aromatic heterocycles. The molecule has 0 spiro atoms. The lowest BCUT2D eigenvalue weighted by atomic mass is 9.47. The third kappa shape index (κ3) is 3.15. The molecule has 31 heavy (non-hydrogen) atoms. The van der Waals surface area contributed by atoms with E-state index in [0.29, 0.717) is 36.1 Å². The maximum absolute atomic E-state index is 13.4. The van der Waals surface area contributed by atoms with Crippen molar-refractivity contribution in [3.63, 3.8) is 0 Å². The normalized spacial score (nSPS) is 41.9. The predicted octanol–water partition coefficient (Wildman–Crippen LogP) is 5.41. The van der Waals surface area contributed by atoms with Gasteiger partial charge < -0.3 is 10.2 Å². The fourth-order valence-corrected chi connectivity index (χ4v) is 8.53. The Bertz CT molecular complexity index is 897. The van der Waals surface area contributed by atoms with Crippen molar-refractivity contribution >= 4 is 17.5 Å². The Hall–Kier alpha value is -1.84. The van der Waals surface area contributed by atoms with Crippen molar-refractivity contribution in [2.45, 2.75) is 78.2 Å². The number of likely N-dealkylation sites (tertiary alicyclic amines) is 1. The Kier molecular flexibility index (Phi) is 4.99. The molecule has 4 fully saturated rings. The number of amides is 2. The third-order valence-electron chi connectivity index (χ3n) is 10.2. The van der Waals surface area contributed by atoms with Gasteiger partial charge in [-0.1, -0.05) is 26.0 Å². The number of hydrogen-bond donors (Lipinski definition) is 1. The Balaban J connectivity index is 1.36. The number of carbonyl (C=O) groups is 2. The van der Waals surface area contributed by atoms with Crippen molar-refractivity contribution in [3.05, 3.63) is 29.8 Å². The Morgan fingerprint density at radius 1 is 1.03 bits per heavy atom. The van der Waals surface area contributed by atoms with Gasteiger partial charge in [0.2, 0.25) is 11.8 Å². The molecule has 0 radical (unpaired) electrons. The molecular weight excluding hydrogens is 384 g/mol. The van der Waals surface area contributed by atoms with E-state index in [1.165, 1.54) is 24.8 Å². The van der Waals surface area contributed by atoms with Crippen molar-refractivity contribution in [1.29, 1.82) is 0 Å². The van der Waals surface area contributed by atoms with Crippen LogP contribution in [0.1, 0.15) is 70.8 Å². The minimum absolute atomic E-state index is 0.106. The molecule has 2 unspecified atom stereocenters. The highest BCUT2D eigenvalue weighted by atomic mass is 16.2. The molecular formula is C27H38N2O2. The van der Waals surface area contributed by atoms with Crippen LogP contribution in [0.3, 0.4) is 0 Å². The number of anilines is 1. The van der Waals surface area contributed by atoms with Gasteiger partial charge in [0.05, 0.1) is 0 Å². The van der Waals surface area contributed by atoms with Gasteiger partial charge in [0, 0.05) is 31.1 Å². The summed E-state index contributed by atoms with van der Waals surface area (Å²) in [5.74, 6) is 2.70. The number of carbonyl (C=O) groups excluding carboxylic acids is 2. The van der Waals surface area contributed by atoms with Gasteiger partial charge in [0.15, 0.2) is 0 Å². The first-order valence-corrected chi connectivity index (χ1v) is 12.4. The van der Waals surface area contributed by atoms with Crippen LogP contribution in [0.2, 0.25) is 0 Å². The molecule has 1 aliphatic heterocycles. The van der Waals surface area contributed by atoms with Gasteiger partial charge in [0.25, 0.3) is 0 Å². The monoisotopic (exact) mass is 422 g/mol. The summed E-state index contributed by atoms with van der Waals surface area (Å²) in [6.07, 6.45) is 8.64. The van der Waals surface area contributed by atoms with Crippen LogP contribution in [0.25, 0.3) is 0 Å². The third-order valence-corrected chi connectivity index (χ3v) is 10.2. The van der Waals surface area contributed by atoms with E-state index in [0.717, 1.165) is 31.4 Å². The number of aryl methyl sites for hydroxylation is 1. The van der Waals surface area contributed by atoms with Crippen LogP contribution >= 0.6 is 0 Å². The Labute approximate surface area is 187 Å². The number of piperidine rings is 1. The van der Waals surface area contributed by atoms with Gasteiger partial charge in [-0.3, -0.25) is 9.59 Å². The Morgan fingerprint density at radius 2 is 1.81 bits per heavy atom. The topological polar surface area (TPSA) is 49.4 Å². The number of benzene rings is 1. The molecule has 3 aliphatic carbocycles. The van der Waals surface area contributed by atoms with Crippen molar-refractivity contribution in [1.82, 2.24) is 4.90 Å². The molecule has 5 rings (SSSR count). The van der Waals surface area contributed by atoms with Gasteiger partial charge in [-0.15, -0.1) is 0 Å². The summed E-state index contributed by atoms with van der Waals surface area (Å²) in [4.78, 5) is 27.8. The van der Waals surface area contributed by atoms with Gasteiger partial charge in [-0.05, 0) is 98.1 Å². The number of nitrogens with one attached hydrogen (secondary N) is 1. The first-order chi connectivity index (χ1) is 14.7. The van der Waals surface area contributed by atoms with Crippen LogP contribution in [-0.4, -0.2) is 29.8 Å². The highest BCUT2D eigenvalue weighted by molar-refractivity contribution is 5.93. The molecule has 1 heterocycles. The smallest absolute Gasteiger partial charge is 0.228 e. The van der Waals surface area contributed by atoms with Crippen LogP contribution < -0.4 is 5.32 Å². The highest BCUT2D eigenvalue weighted by Gasteiger charge is 2.62. The molecule has 7 atom stereocenters. The van der Waals surface area contributed by atoms with E-state index in [2.05, 4.69) is 43.1 Å². The van der Waals surface area contributed by atoms with E-state index in [1.807, 2.05) is 19.2 Å². The lowest BCUT2D eigenvalue weighted by Gasteiger charge is -2.61. The first kappa shape index (κ1) is 21.0. The lowest BCUT2D eigenvalue weighted by molar-refractivity contribution is -0.159. The van der Waals surface area contributed by atoms with Gasteiger partial charge in [0.1, 0.15) is 0 Å². The number of hydrogen-bond acceptors (Lipinski definition) is 2. The quantitative estimate of drug-likeness (QED) is 0.692. The van der Waals surface area contributed by atoms with E-state index in [4.69, 9.17) is 0 Å². The van der Waals surface area contributed by atoms with Crippen LogP contribution in [0.4, 0.5) is 5.69 Å². The molecule has 1 aromatic rings. The lowest BCUT2D eigenvalue weighted by Crippen LogP contribution is -2.61. The van der Waals surface area contributed by atoms with Crippen molar-refractivity contribution in [3.8, 4) is 0 Å². The van der Waals surface area contributed by atoms with Crippen molar-refractivity contribution in [2.24, 2.45) is 34.5 Å². The van der Waals surface area contributed by atoms with Gasteiger partial charge in [-0.2, -0.15) is 0 Å². The summed E-state index contributed by atoms with van der Waals surface area (Å²) in [6.45, 7) is 6.94. The minimum Gasteiger partial charge on any atom is -0.342 e. The average Bonchev–Trinajstić information content (AvgIpc) is 3.08. The zero-order chi connectivity index (χ0) is 22.0. The predicted molar refractivity (Wildman–Crippen MR) is 123 cm³/mol. The van der Waals surface area contributed by atoms with E-state index < -0.39 is 0 Å². The second-order valence-corrected chi connectivity index (χ2v) is 11.5.